The highest BCUT2D eigenvalue weighted by atomic mass is 32.2. The van der Waals surface area contributed by atoms with Crippen molar-refractivity contribution >= 4 is 82.8 Å². The van der Waals surface area contributed by atoms with Gasteiger partial charge in [0.25, 0.3) is 47.9 Å². The smallest absolute Gasteiger partial charge is 0.266 e. The molecule has 2 aliphatic heterocycles. The van der Waals surface area contributed by atoms with Crippen LogP contribution in [0.4, 0.5) is 76.0 Å². The second-order valence-corrected chi connectivity index (χ2v) is 34.3. The Kier molecular flexibility index (Phi) is 28.9. The van der Waals surface area contributed by atoms with Gasteiger partial charge in [-0.2, -0.15) is 0 Å². The van der Waals surface area contributed by atoms with Crippen LogP contribution in [0.2, 0.25) is 0 Å². The summed E-state index contributed by atoms with van der Waals surface area (Å²) < 4.78 is 182. The molecule has 2 aliphatic rings. The number of alkyl halides is 8. The van der Waals surface area contributed by atoms with Crippen molar-refractivity contribution in [2.24, 2.45) is 28.2 Å². The van der Waals surface area contributed by atoms with E-state index in [2.05, 4.69) is 88.8 Å². The third-order valence-corrected chi connectivity index (χ3v) is 25.2. The molecule has 24 nitrogen and oxygen atoms in total. The fraction of sp³-hybridized carbons (Fsp3) is 0.315. The lowest BCUT2D eigenvalue weighted by Gasteiger charge is -2.31. The minimum Gasteiger partial charge on any atom is -0.363 e. The van der Waals surface area contributed by atoms with Gasteiger partial charge in [-0.1, -0.05) is 91.9 Å². The molecule has 129 heavy (non-hydrogen) atoms. The van der Waals surface area contributed by atoms with Crippen molar-refractivity contribution in [3.63, 3.8) is 0 Å². The molecule has 0 spiro atoms. The van der Waals surface area contributed by atoms with Gasteiger partial charge in [0.1, 0.15) is 93.9 Å². The van der Waals surface area contributed by atoms with Crippen molar-refractivity contribution in [3.8, 4) is 22.3 Å². The second kappa shape index (κ2) is 39.9. The summed E-state index contributed by atoms with van der Waals surface area (Å²) in [4.78, 5) is 96.7. The number of nitrogens with one attached hydrogen (secondary N) is 4. The van der Waals surface area contributed by atoms with E-state index in [0.29, 0.717) is 125 Å². The Morgan fingerprint density at radius 3 is 1.05 bits per heavy atom. The first-order valence-corrected chi connectivity index (χ1v) is 43.2. The highest BCUT2D eigenvalue weighted by Gasteiger charge is 2.31. The van der Waals surface area contributed by atoms with Crippen LogP contribution in [0.15, 0.2) is 184 Å². The number of halogens is 12. The first-order valence-electron chi connectivity index (χ1n) is 41.2. The number of aromatic nitrogens is 14. The molecule has 4 atom stereocenters. The Labute approximate surface area is 732 Å². The Hall–Kier alpha value is -13.3. The van der Waals surface area contributed by atoms with Gasteiger partial charge in [-0.15, -0.1) is 0 Å². The average molecular weight is 1800 g/mol. The summed E-state index contributed by atoms with van der Waals surface area (Å²) in [6.45, 7) is 13.3. The molecule has 12 heterocycles. The van der Waals surface area contributed by atoms with Gasteiger partial charge in [0.2, 0.25) is 0 Å². The topological polar surface area (TPSA) is 285 Å². The number of nitrogens with zero attached hydrogens (tertiary/aromatic N) is 15. The van der Waals surface area contributed by atoms with Crippen LogP contribution in [0.3, 0.4) is 0 Å². The molecule has 2 saturated heterocycles. The maximum Gasteiger partial charge on any atom is 0.266 e. The number of anilines is 4. The number of fused-ring (bicyclic) bond motifs is 4. The van der Waals surface area contributed by atoms with E-state index in [1.165, 1.54) is 81.2 Å². The van der Waals surface area contributed by atoms with Crippen molar-refractivity contribution in [2.45, 2.75) is 129 Å². The Morgan fingerprint density at radius 2 is 0.721 bits per heavy atom. The van der Waals surface area contributed by atoms with E-state index in [0.717, 1.165) is 62.3 Å². The van der Waals surface area contributed by atoms with E-state index < -0.39 is 105 Å². The molecule has 10 aromatic heterocycles. The molecule has 674 valence electrons. The summed E-state index contributed by atoms with van der Waals surface area (Å²) in [7, 11) is 4.41. The van der Waals surface area contributed by atoms with E-state index in [1.807, 2.05) is 6.07 Å². The molecule has 0 radical (unpaired) electrons. The molecule has 2 fully saturated rings. The number of rotatable bonds is 21. The summed E-state index contributed by atoms with van der Waals surface area (Å²) in [5.41, 5.74) is 2.02. The quantitative estimate of drug-likeness (QED) is 0.0384. The predicted octanol–water partition coefficient (Wildman–Crippen LogP) is 18.5. The normalized spacial score (nSPS) is 15.8. The molecular formula is C92H91F12N19O5S. The van der Waals surface area contributed by atoms with Crippen LogP contribution in [0.1, 0.15) is 183 Å². The van der Waals surface area contributed by atoms with E-state index in [-0.39, 0.29) is 56.3 Å². The third kappa shape index (κ3) is 20.2. The molecule has 0 saturated carbocycles. The summed E-state index contributed by atoms with van der Waals surface area (Å²) in [5.74, 6) is 2.93. The molecule has 16 rings (SSSR count). The molecule has 14 aromatic rings. The van der Waals surface area contributed by atoms with Gasteiger partial charge >= 0.3 is 0 Å². The number of aryl methyl sites for hydroxylation is 5. The van der Waals surface area contributed by atoms with Crippen molar-refractivity contribution in [2.75, 3.05) is 52.4 Å². The third-order valence-electron chi connectivity index (χ3n) is 23.2. The van der Waals surface area contributed by atoms with Crippen molar-refractivity contribution in [1.82, 2.24) is 73.0 Å². The van der Waals surface area contributed by atoms with E-state index >= 15 is 0 Å². The second-order valence-electron chi connectivity index (χ2n) is 31.5. The molecular weight excluding hydrogens is 1710 g/mol. The number of piperidine rings is 1. The lowest BCUT2D eigenvalue weighted by molar-refractivity contribution is 0.145. The predicted molar refractivity (Wildman–Crippen MR) is 475 cm³/mol. The minimum absolute atomic E-state index is 0.0601. The molecule has 0 amide bonds. The van der Waals surface area contributed by atoms with Crippen LogP contribution in [0, 0.1) is 30.2 Å². The molecule has 0 unspecified atom stereocenters. The van der Waals surface area contributed by atoms with E-state index in [1.54, 1.807) is 135 Å². The largest absolute Gasteiger partial charge is 0.363 e. The van der Waals surface area contributed by atoms with Gasteiger partial charge in [-0.3, -0.25) is 51.6 Å². The lowest BCUT2D eigenvalue weighted by Crippen LogP contribution is -2.35. The number of pyridine rings is 6. The maximum atomic E-state index is 14.8. The number of hydrogen-bond donors (Lipinski definition) is 4. The first kappa shape index (κ1) is 93.3. The van der Waals surface area contributed by atoms with Crippen LogP contribution >= 0.6 is 0 Å². The van der Waals surface area contributed by atoms with Gasteiger partial charge in [-0.25, -0.2) is 92.6 Å². The minimum atomic E-state index is -2.92. The first-order chi connectivity index (χ1) is 61.6. The zero-order chi connectivity index (χ0) is 92.7. The van der Waals surface area contributed by atoms with Crippen LogP contribution < -0.4 is 43.5 Å². The van der Waals surface area contributed by atoms with Crippen LogP contribution in [-0.4, -0.2) is 114 Å². The van der Waals surface area contributed by atoms with Crippen molar-refractivity contribution < 1.29 is 56.9 Å². The zero-order valence-corrected chi connectivity index (χ0v) is 72.4. The van der Waals surface area contributed by atoms with Gasteiger partial charge in [-0.05, 0) is 144 Å². The molecule has 4 aromatic carbocycles. The Balaban J connectivity index is 0.000000147. The fourth-order valence-electron chi connectivity index (χ4n) is 16.0. The standard InChI is InChI=1S/C25H30F3N5O.C23H25F3N4O2S.2C22H18F3N5O/c1-5-33-11-9-16(10-12-33)19-13-20-23(30-15(3)31-24(20)32(4)25(19)34)29-14(2)17-7-6-8-18(21(17)26)22(27)28;1-13(15-5-4-6-16(19(15)24)20(25)26)29-21-18-11-17(14-7-9-33(3,32)10-8-14)23(31)30(2)22(18)28-12-27-21;2*1-12(14-6-3-7-15(18(14)23)19(24)25)29-20-17-9-16(13-5-4-8-26-10-13)22(31)30(2)21(17)28-11-27-20/h6-8,13-14,16,22H,5,9-12H2,1-4H3,(H,29,30,31);4-6,11-14,20H,3,7-10H2,1-2H3,(H,27,28,29);2*3-12,19H,1-2H3,(H,27,28,29)/t14-;13-,14?,33?;2*12-/m1111/s1. The number of hydrogen-bond acceptors (Lipinski definition) is 20. The maximum absolute atomic E-state index is 14.8. The summed E-state index contributed by atoms with van der Waals surface area (Å²) in [6.07, 6.45) is 1.57. The van der Waals surface area contributed by atoms with Crippen molar-refractivity contribution in [1.29, 1.82) is 0 Å². The van der Waals surface area contributed by atoms with Gasteiger partial charge < -0.3 is 26.2 Å². The SMILES string of the molecule is C=S1(=O)CCC(c2cc3c(N[C@H](C)c4cccc(C(F)F)c4F)ncnc3n(C)c2=O)CC1.CCN1CCC(c2cc3c(N[C@H](C)c4cccc(C(F)F)c4F)nc(C)nc3n(C)c2=O)CC1.C[C@@H](Nc1ncnc2c1cc(-c1cccnc1)c(=O)n2C)c1cccc(C(F)F)c1F.C[C@@H](Nc1ncnc2c1cc(-c1cccnc1)c(=O)n2C)c1cccc(C(F)F)c1F. The van der Waals surface area contributed by atoms with Crippen molar-refractivity contribution in [3.05, 3.63) is 291 Å². The Bertz CT molecular complexity index is 6650. The van der Waals surface area contributed by atoms with E-state index in [9.17, 15) is 76.1 Å². The molecule has 0 bridgehead atoms. The number of likely N-dealkylation sites (tertiary alicyclic amines) is 1. The van der Waals surface area contributed by atoms with Crippen LogP contribution in [0.25, 0.3) is 66.4 Å². The molecule has 4 N–H and O–H groups in total. The average Bonchev–Trinajstić information content (AvgIpc) is 0.761. The summed E-state index contributed by atoms with van der Waals surface area (Å²) in [5, 5.41) is 14.7. The van der Waals surface area contributed by atoms with Crippen LogP contribution in [-0.2, 0) is 37.7 Å². The van der Waals surface area contributed by atoms with Gasteiger partial charge in [0.15, 0.2) is 0 Å². The van der Waals surface area contributed by atoms with Gasteiger partial charge in [0.05, 0.1) is 68.0 Å². The fourth-order valence-corrected chi connectivity index (χ4v) is 17.7. The monoisotopic (exact) mass is 1800 g/mol. The van der Waals surface area contributed by atoms with Gasteiger partial charge in [0, 0.05) is 120 Å². The Morgan fingerprint density at radius 1 is 0.411 bits per heavy atom. The molecule has 0 aliphatic carbocycles. The lowest BCUT2D eigenvalue weighted by atomic mass is 9.89. The highest BCUT2D eigenvalue weighted by Crippen LogP contribution is 2.39. The number of benzene rings is 4. The zero-order valence-electron chi connectivity index (χ0n) is 71.6. The van der Waals surface area contributed by atoms with E-state index in [4.69, 9.17) is 0 Å². The molecule has 37 heteroatoms. The summed E-state index contributed by atoms with van der Waals surface area (Å²) >= 11 is 0. The van der Waals surface area contributed by atoms with Crippen LogP contribution in [0.5, 0.6) is 0 Å². The summed E-state index contributed by atoms with van der Waals surface area (Å²) in [6, 6.07) is 26.9. The highest BCUT2D eigenvalue weighted by molar-refractivity contribution is 8.00.